The van der Waals surface area contributed by atoms with Crippen LogP contribution in [0.5, 0.6) is 0 Å². The molecule has 0 bridgehead atoms. The normalized spacial score (nSPS) is 11.4. The number of aryl methyl sites for hydroxylation is 1. The van der Waals surface area contributed by atoms with E-state index in [0.29, 0.717) is 23.0 Å². The van der Waals surface area contributed by atoms with E-state index in [-0.39, 0.29) is 11.1 Å². The predicted octanol–water partition coefficient (Wildman–Crippen LogP) is 7.06. The average molecular weight is 599 g/mol. The number of aromatic amines is 2. The molecule has 1 aromatic heterocycles. The Morgan fingerprint density at radius 3 is 1.69 bits per heavy atom. The molecule has 0 radical (unpaired) electrons. The molecule has 1 heterocycles. The van der Waals surface area contributed by atoms with Gasteiger partial charge in [-0.3, -0.25) is 19.8 Å². The van der Waals surface area contributed by atoms with Crippen molar-refractivity contribution >= 4 is 39.6 Å². The van der Waals surface area contributed by atoms with Gasteiger partial charge in [0.2, 0.25) is 0 Å². The molecule has 0 spiro atoms. The largest absolute Gasteiger partial charge is 0.378 e. The van der Waals surface area contributed by atoms with Gasteiger partial charge in [-0.15, -0.1) is 0 Å². The van der Waals surface area contributed by atoms with Crippen LogP contribution in [-0.4, -0.2) is 44.9 Å². The lowest BCUT2D eigenvalue weighted by molar-refractivity contribution is 0.969. The molecule has 0 saturated carbocycles. The van der Waals surface area contributed by atoms with Crippen LogP contribution in [0.3, 0.4) is 0 Å². The summed E-state index contributed by atoms with van der Waals surface area (Å²) >= 11 is 0. The summed E-state index contributed by atoms with van der Waals surface area (Å²) in [7, 11) is 8.15. The first-order chi connectivity index (χ1) is 21.7. The first-order valence-corrected chi connectivity index (χ1v) is 15.1. The van der Waals surface area contributed by atoms with Gasteiger partial charge in [0, 0.05) is 52.2 Å². The average Bonchev–Trinajstić information content (AvgIpc) is 3.04. The van der Waals surface area contributed by atoms with Crippen LogP contribution in [0.15, 0.2) is 113 Å². The van der Waals surface area contributed by atoms with Crippen molar-refractivity contribution in [2.45, 2.75) is 13.8 Å². The second-order valence-electron chi connectivity index (χ2n) is 11.4. The van der Waals surface area contributed by atoms with Crippen molar-refractivity contribution in [3.8, 4) is 0 Å². The number of H-pyrrole nitrogens is 2. The summed E-state index contributed by atoms with van der Waals surface area (Å²) in [4.78, 5) is 31.8. The van der Waals surface area contributed by atoms with E-state index in [1.807, 2.05) is 54.2 Å². The molecule has 7 heteroatoms. The van der Waals surface area contributed by atoms with Crippen molar-refractivity contribution < 1.29 is 0 Å². The van der Waals surface area contributed by atoms with Gasteiger partial charge in [-0.1, -0.05) is 18.2 Å². The second kappa shape index (κ2) is 13.5. The van der Waals surface area contributed by atoms with Gasteiger partial charge in [0.05, 0.1) is 39.2 Å². The molecule has 0 aliphatic heterocycles. The Morgan fingerprint density at radius 2 is 1.16 bits per heavy atom. The fourth-order valence-electron chi connectivity index (χ4n) is 5.49. The monoisotopic (exact) mass is 598 g/mol. The Morgan fingerprint density at radius 1 is 0.644 bits per heavy atom. The van der Waals surface area contributed by atoms with E-state index in [0.717, 1.165) is 39.5 Å². The summed E-state index contributed by atoms with van der Waals surface area (Å²) in [5.74, 6) is 1.09. The Hall–Kier alpha value is -5.43. The molecule has 7 nitrogen and oxygen atoms in total. The van der Waals surface area contributed by atoms with Crippen molar-refractivity contribution in [2.75, 3.05) is 49.4 Å². The predicted molar refractivity (Wildman–Crippen MR) is 190 cm³/mol. The Balaban J connectivity index is 1.48. The maximum absolute atomic E-state index is 12.9. The lowest BCUT2D eigenvalue weighted by atomic mass is 9.90. The summed E-state index contributed by atoms with van der Waals surface area (Å²) in [5.41, 5.74) is 7.38. The van der Waals surface area contributed by atoms with Gasteiger partial charge in [0.15, 0.2) is 0 Å². The van der Waals surface area contributed by atoms with Crippen molar-refractivity contribution in [3.05, 3.63) is 152 Å². The third kappa shape index (κ3) is 6.73. The molecular weight excluding hydrogens is 558 g/mol. The molecule has 0 saturated heterocycles. The number of fused-ring (bicyclic) bond motifs is 1. The lowest BCUT2D eigenvalue weighted by Gasteiger charge is -2.24. The number of hydrogen-bond acceptors (Lipinski definition) is 5. The molecule has 5 rings (SSSR count). The molecule has 0 aliphatic rings. The van der Waals surface area contributed by atoms with Crippen LogP contribution in [0, 0.1) is 12.8 Å². The number of anilines is 4. The van der Waals surface area contributed by atoms with Gasteiger partial charge >= 0.3 is 0 Å². The van der Waals surface area contributed by atoms with Gasteiger partial charge in [0.25, 0.3) is 11.1 Å². The first kappa shape index (κ1) is 31.0. The Bertz CT molecular complexity index is 1930. The van der Waals surface area contributed by atoms with Crippen LogP contribution in [0.1, 0.15) is 29.2 Å². The number of nitrogens with one attached hydrogen (secondary N) is 2. The third-order valence-corrected chi connectivity index (χ3v) is 8.00. The van der Waals surface area contributed by atoms with Gasteiger partial charge in [-0.25, -0.2) is 0 Å². The molecule has 45 heavy (non-hydrogen) atoms. The molecule has 5 aromatic rings. The zero-order valence-corrected chi connectivity index (χ0v) is 26.8. The maximum atomic E-state index is 12.9. The molecule has 2 N–H and O–H groups in total. The summed E-state index contributed by atoms with van der Waals surface area (Å²) < 4.78 is 0. The minimum Gasteiger partial charge on any atom is -0.378 e. The van der Waals surface area contributed by atoms with E-state index < -0.39 is 0 Å². The standard InChI is InChI=1S/C38H39N5O2/c1-7-43(34-25-12-26(2)35-36(34)38(45)40-39-37(35)44)32-23-17-29(18-24-32)33(28-15-21-31(22-16-28)42(5)6)11-9-8-10-27-13-19-30(20-14-27)41(3)4/h8-25H,7H2,1-6H3,(H-,39,40,44,45)/p+1. The van der Waals surface area contributed by atoms with Crippen molar-refractivity contribution in [1.29, 1.82) is 0 Å². The second-order valence-corrected chi connectivity index (χ2v) is 11.4. The summed E-state index contributed by atoms with van der Waals surface area (Å²) in [6, 6.07) is 29.1. The van der Waals surface area contributed by atoms with Gasteiger partial charge in [0.1, 0.15) is 0 Å². The molecule has 0 atom stereocenters. The van der Waals surface area contributed by atoms with Crippen LogP contribution in [0.2, 0.25) is 0 Å². The molecule has 228 valence electrons. The number of hydrogen-bond donors (Lipinski definition) is 2. The van der Waals surface area contributed by atoms with Crippen molar-refractivity contribution in [3.63, 3.8) is 0 Å². The van der Waals surface area contributed by atoms with Crippen LogP contribution in [-0.2, 0) is 0 Å². The van der Waals surface area contributed by atoms with Gasteiger partial charge < -0.3 is 14.7 Å². The van der Waals surface area contributed by atoms with E-state index in [9.17, 15) is 9.59 Å². The smallest absolute Gasteiger partial charge is 0.272 e. The quantitative estimate of drug-likeness (QED) is 0.133. The van der Waals surface area contributed by atoms with Crippen LogP contribution in [0.25, 0.3) is 16.8 Å². The fourth-order valence-corrected chi connectivity index (χ4v) is 5.49. The highest BCUT2D eigenvalue weighted by atomic mass is 16.1. The first-order valence-electron chi connectivity index (χ1n) is 15.1. The molecule has 0 aliphatic carbocycles. The molecular formula is C38H40N5O2+. The van der Waals surface area contributed by atoms with Crippen molar-refractivity contribution in [2.24, 2.45) is 0 Å². The molecule has 0 unspecified atom stereocenters. The van der Waals surface area contributed by atoms with Gasteiger partial charge in [-0.05, 0) is 110 Å². The van der Waals surface area contributed by atoms with E-state index >= 15 is 0 Å². The highest BCUT2D eigenvalue weighted by Gasteiger charge is 2.20. The van der Waals surface area contributed by atoms with Crippen LogP contribution >= 0.6 is 0 Å². The number of aromatic nitrogens is 2. The Labute approximate surface area is 264 Å². The number of allylic oxidation sites excluding steroid dienone is 3. The highest BCUT2D eigenvalue weighted by Crippen LogP contribution is 2.33. The van der Waals surface area contributed by atoms with Crippen molar-refractivity contribution in [1.82, 2.24) is 10.2 Å². The summed E-state index contributed by atoms with van der Waals surface area (Å²) in [6.45, 7) is 4.50. The number of nitrogens with zero attached hydrogens (tertiary/aromatic N) is 3. The van der Waals surface area contributed by atoms with E-state index in [4.69, 9.17) is 0 Å². The van der Waals surface area contributed by atoms with Gasteiger partial charge in [-0.2, -0.15) is 0 Å². The van der Waals surface area contributed by atoms with E-state index in [1.54, 1.807) is 0 Å². The van der Waals surface area contributed by atoms with E-state index in [2.05, 4.69) is 122 Å². The zero-order valence-electron chi connectivity index (χ0n) is 26.8. The van der Waals surface area contributed by atoms with Crippen LogP contribution < -0.4 is 25.8 Å². The lowest BCUT2D eigenvalue weighted by Crippen LogP contribution is -2.24. The number of rotatable bonds is 10. The molecule has 4 aromatic carbocycles. The number of benzene rings is 4. The minimum absolute atomic E-state index is 0.304. The maximum Gasteiger partial charge on any atom is 0.272 e. The Kier molecular flexibility index (Phi) is 9.28. The summed E-state index contributed by atoms with van der Waals surface area (Å²) in [5, 5.41) is 5.76. The molecule has 0 fully saturated rings. The molecule has 0 amide bonds. The van der Waals surface area contributed by atoms with Crippen LogP contribution in [0.4, 0.5) is 22.7 Å². The summed E-state index contributed by atoms with van der Waals surface area (Å²) in [6.07, 6.45) is 8.38. The topological polar surface area (TPSA) is 75.4 Å². The fraction of sp³-hybridized carbons (Fsp3) is 0.184. The minimum atomic E-state index is -0.318. The third-order valence-electron chi connectivity index (χ3n) is 8.00. The SMILES string of the molecule is CCN(c1ccc([C+](C=CC=Cc2ccc(N(C)C)cc2)c2ccc(N(C)C)cc2)cc1)c1ccc(C)c2c(=O)[nH][nH]c(=O)c12. The van der Waals surface area contributed by atoms with E-state index in [1.165, 1.54) is 5.69 Å². The zero-order chi connectivity index (χ0) is 32.1. The highest BCUT2D eigenvalue weighted by molar-refractivity contribution is 5.96.